The summed E-state index contributed by atoms with van der Waals surface area (Å²) in [7, 11) is 0. The van der Waals surface area contributed by atoms with Gasteiger partial charge in [-0.1, -0.05) is 91.4 Å². The van der Waals surface area contributed by atoms with Crippen molar-refractivity contribution in [1.82, 2.24) is 5.32 Å². The van der Waals surface area contributed by atoms with E-state index in [-0.39, 0.29) is 12.5 Å². The molecule has 23 heavy (non-hydrogen) atoms. The molecule has 4 nitrogen and oxygen atoms in total. The van der Waals surface area contributed by atoms with Crippen molar-refractivity contribution in [2.45, 2.75) is 104 Å². The lowest BCUT2D eigenvalue weighted by Crippen LogP contribution is -2.33. The molecule has 0 spiro atoms. The summed E-state index contributed by atoms with van der Waals surface area (Å²) in [6, 6.07) is 0. The molecular formula is C19H40N2O2. The molecule has 0 bridgehead atoms. The van der Waals surface area contributed by atoms with Gasteiger partial charge in [-0.15, -0.1) is 0 Å². The number of hydrogen-bond donors (Lipinski definition) is 2. The average molecular weight is 329 g/mol. The molecule has 138 valence electrons. The summed E-state index contributed by atoms with van der Waals surface area (Å²) in [4.78, 5) is 21.8. The van der Waals surface area contributed by atoms with Crippen molar-refractivity contribution < 1.29 is 9.59 Å². The number of nitrogens with one attached hydrogen (secondary N) is 1. The molecule has 0 aliphatic rings. The molecule has 0 aliphatic heterocycles. The Bertz CT molecular complexity index is 268. The van der Waals surface area contributed by atoms with E-state index in [4.69, 9.17) is 5.73 Å². The van der Waals surface area contributed by atoms with E-state index >= 15 is 0 Å². The van der Waals surface area contributed by atoms with Gasteiger partial charge in [-0.2, -0.15) is 0 Å². The second-order valence-electron chi connectivity index (χ2n) is 6.24. The molecule has 0 atom stereocenters. The number of nitrogens with two attached hydrogens (primary N) is 1. The Morgan fingerprint density at radius 1 is 0.739 bits per heavy atom. The van der Waals surface area contributed by atoms with E-state index in [0.29, 0.717) is 6.42 Å². The highest BCUT2D eigenvalue weighted by molar-refractivity contribution is 5.83. The van der Waals surface area contributed by atoms with Gasteiger partial charge < -0.3 is 11.1 Å². The van der Waals surface area contributed by atoms with E-state index in [9.17, 15) is 9.59 Å². The van der Waals surface area contributed by atoms with Gasteiger partial charge in [-0.05, 0) is 6.42 Å². The first kappa shape index (κ1) is 24.2. The molecular weight excluding hydrogens is 288 g/mol. The topological polar surface area (TPSA) is 72.2 Å². The van der Waals surface area contributed by atoms with Crippen molar-refractivity contribution in [2.75, 3.05) is 6.54 Å². The van der Waals surface area contributed by atoms with Gasteiger partial charge in [0, 0.05) is 6.42 Å². The Hall–Kier alpha value is -1.06. The van der Waals surface area contributed by atoms with E-state index in [1.54, 1.807) is 0 Å². The maximum absolute atomic E-state index is 11.3. The highest BCUT2D eigenvalue weighted by Gasteiger charge is 2.02. The molecule has 0 saturated carbocycles. The molecule has 0 radical (unpaired) electrons. The first-order valence-corrected chi connectivity index (χ1v) is 9.63. The number of rotatable bonds is 14. The van der Waals surface area contributed by atoms with Gasteiger partial charge in [0.25, 0.3) is 0 Å². The first-order chi connectivity index (χ1) is 11.1. The average Bonchev–Trinajstić information content (AvgIpc) is 2.51. The fraction of sp³-hybridized carbons (Fsp3) is 0.895. The third-order valence-electron chi connectivity index (χ3n) is 3.47. The third-order valence-corrected chi connectivity index (χ3v) is 3.47. The summed E-state index contributed by atoms with van der Waals surface area (Å²) < 4.78 is 0. The molecule has 0 rings (SSSR count). The van der Waals surface area contributed by atoms with Gasteiger partial charge in [-0.25, -0.2) is 0 Å². The molecule has 3 N–H and O–H groups in total. The molecule has 0 saturated heterocycles. The van der Waals surface area contributed by atoms with Crippen molar-refractivity contribution >= 4 is 11.8 Å². The van der Waals surface area contributed by atoms with Crippen molar-refractivity contribution in [1.29, 1.82) is 0 Å². The quantitative estimate of drug-likeness (QED) is 0.453. The third kappa shape index (κ3) is 26.2. The van der Waals surface area contributed by atoms with Gasteiger partial charge in [0.15, 0.2) is 0 Å². The summed E-state index contributed by atoms with van der Waals surface area (Å²) in [6.07, 6.45) is 15.7. The van der Waals surface area contributed by atoms with E-state index in [1.165, 1.54) is 64.2 Å². The number of amides is 2. The lowest BCUT2D eigenvalue weighted by Gasteiger charge is -2.03. The molecule has 0 unspecified atom stereocenters. The normalized spacial score (nSPS) is 9.87. The van der Waals surface area contributed by atoms with Crippen LogP contribution >= 0.6 is 0 Å². The number of carbonyl (C=O) groups excluding carboxylic acids is 2. The largest absolute Gasteiger partial charge is 0.368 e. The van der Waals surface area contributed by atoms with Crippen LogP contribution in [0.3, 0.4) is 0 Å². The minimum absolute atomic E-state index is 0.0448. The van der Waals surface area contributed by atoms with Crippen LogP contribution in [0.4, 0.5) is 0 Å². The molecule has 4 heteroatoms. The Labute approximate surface area is 144 Å². The molecule has 2 amide bonds. The lowest BCUT2D eigenvalue weighted by atomic mass is 10.1. The van der Waals surface area contributed by atoms with Crippen LogP contribution in [0.15, 0.2) is 0 Å². The van der Waals surface area contributed by atoms with Gasteiger partial charge in [-0.3, -0.25) is 9.59 Å². The molecule has 0 fully saturated rings. The summed E-state index contributed by atoms with van der Waals surface area (Å²) in [5.74, 6) is -0.558. The Morgan fingerprint density at radius 3 is 1.52 bits per heavy atom. The summed E-state index contributed by atoms with van der Waals surface area (Å²) in [5, 5.41) is 2.50. The summed E-state index contributed by atoms with van der Waals surface area (Å²) >= 11 is 0. The minimum Gasteiger partial charge on any atom is -0.368 e. The predicted octanol–water partition coefficient (Wildman–Crippen LogP) is 4.71. The number of primary amides is 1. The summed E-state index contributed by atoms with van der Waals surface area (Å²) in [5.41, 5.74) is 4.95. The van der Waals surface area contributed by atoms with Crippen LogP contribution in [0.25, 0.3) is 0 Å². The molecule has 0 aromatic heterocycles. The number of hydrogen-bond acceptors (Lipinski definition) is 2. The standard InChI is InChI=1S/C16H32N2O2.C3H8/c1-2-3-4-5-6-7-8-9-10-11-12-13-16(20)18-14-15(17)19;1-3-2/h2-14H2,1H3,(H2,17,19)(H,18,20);3H2,1-2H3. The zero-order valence-corrected chi connectivity index (χ0v) is 15.8. The Kier molecular flexibility index (Phi) is 22.0. The van der Waals surface area contributed by atoms with Gasteiger partial charge in [0.2, 0.25) is 11.8 Å². The zero-order valence-electron chi connectivity index (χ0n) is 15.8. The first-order valence-electron chi connectivity index (χ1n) is 9.63. The maximum atomic E-state index is 11.3. The van der Waals surface area contributed by atoms with Gasteiger partial charge >= 0.3 is 0 Å². The van der Waals surface area contributed by atoms with Crippen LogP contribution in [0, 0.1) is 0 Å². The smallest absolute Gasteiger partial charge is 0.236 e. The van der Waals surface area contributed by atoms with Gasteiger partial charge in [0.1, 0.15) is 0 Å². The highest BCUT2D eigenvalue weighted by Crippen LogP contribution is 2.11. The second-order valence-corrected chi connectivity index (χ2v) is 6.24. The fourth-order valence-electron chi connectivity index (χ4n) is 2.22. The minimum atomic E-state index is -0.489. The molecule has 0 aromatic carbocycles. The van der Waals surface area contributed by atoms with Crippen LogP contribution in [0.5, 0.6) is 0 Å². The van der Waals surface area contributed by atoms with Crippen molar-refractivity contribution in [3.8, 4) is 0 Å². The van der Waals surface area contributed by atoms with Crippen LogP contribution < -0.4 is 11.1 Å². The SMILES string of the molecule is CCC.CCCCCCCCCCCCCC(=O)NCC(N)=O. The lowest BCUT2D eigenvalue weighted by molar-refractivity contribution is -0.124. The van der Waals surface area contributed by atoms with Crippen LogP contribution in [0.1, 0.15) is 104 Å². The van der Waals surface area contributed by atoms with Crippen molar-refractivity contribution in [3.63, 3.8) is 0 Å². The Morgan fingerprint density at radius 2 is 1.13 bits per heavy atom. The van der Waals surface area contributed by atoms with E-state index < -0.39 is 5.91 Å². The van der Waals surface area contributed by atoms with E-state index in [2.05, 4.69) is 26.1 Å². The van der Waals surface area contributed by atoms with Crippen LogP contribution in [-0.2, 0) is 9.59 Å². The maximum Gasteiger partial charge on any atom is 0.236 e. The predicted molar refractivity (Wildman–Crippen MR) is 99.2 cm³/mol. The van der Waals surface area contributed by atoms with Crippen molar-refractivity contribution in [2.24, 2.45) is 5.73 Å². The van der Waals surface area contributed by atoms with E-state index in [0.717, 1.165) is 12.8 Å². The van der Waals surface area contributed by atoms with Crippen molar-refractivity contribution in [3.05, 3.63) is 0 Å². The molecule has 0 heterocycles. The molecule has 0 aliphatic carbocycles. The van der Waals surface area contributed by atoms with E-state index in [1.807, 2.05) is 0 Å². The zero-order chi connectivity index (χ0) is 17.8. The fourth-order valence-corrected chi connectivity index (χ4v) is 2.22. The number of carbonyl (C=O) groups is 2. The monoisotopic (exact) mass is 328 g/mol. The summed E-state index contributed by atoms with van der Waals surface area (Å²) in [6.45, 7) is 6.45. The Balaban J connectivity index is 0. The number of unbranched alkanes of at least 4 members (excludes halogenated alkanes) is 10. The van der Waals surface area contributed by atoms with Crippen LogP contribution in [0.2, 0.25) is 0 Å². The second kappa shape index (κ2) is 20.9. The van der Waals surface area contributed by atoms with Crippen LogP contribution in [-0.4, -0.2) is 18.4 Å². The van der Waals surface area contributed by atoms with Gasteiger partial charge in [0.05, 0.1) is 6.54 Å². The molecule has 0 aromatic rings. The highest BCUT2D eigenvalue weighted by atomic mass is 16.2.